The molecule has 0 heterocycles. The van der Waals surface area contributed by atoms with Crippen LogP contribution in [-0.2, 0) is 10.3 Å². The summed E-state index contributed by atoms with van der Waals surface area (Å²) in [5, 5.41) is 11.7. The molecular formula is C13H15ClN2O2. The van der Waals surface area contributed by atoms with Crippen molar-refractivity contribution < 1.29 is 9.53 Å². The fourth-order valence-electron chi connectivity index (χ4n) is 1.66. The predicted octanol–water partition coefficient (Wildman–Crippen LogP) is 2.61. The van der Waals surface area contributed by atoms with E-state index >= 15 is 0 Å². The Kier molecular flexibility index (Phi) is 4.57. The molecule has 0 aromatic heterocycles. The summed E-state index contributed by atoms with van der Waals surface area (Å²) in [5.41, 5.74) is 0.133. The van der Waals surface area contributed by atoms with Crippen molar-refractivity contribution in [3.63, 3.8) is 0 Å². The maximum absolute atomic E-state index is 11.5. The topological polar surface area (TPSA) is 62.1 Å². The van der Waals surface area contributed by atoms with Crippen molar-refractivity contribution in [1.82, 2.24) is 5.32 Å². The number of hydrogen-bond donors (Lipinski definition) is 1. The molecule has 4 nitrogen and oxygen atoms in total. The minimum absolute atomic E-state index is 0.169. The molecule has 0 unspecified atom stereocenters. The second-order valence-electron chi connectivity index (χ2n) is 4.35. The number of nitrogens with one attached hydrogen (secondary N) is 1. The molecule has 0 radical (unpaired) electrons. The van der Waals surface area contributed by atoms with E-state index in [1.807, 2.05) is 19.9 Å². The van der Waals surface area contributed by atoms with Gasteiger partial charge in [-0.3, -0.25) is 4.79 Å². The maximum atomic E-state index is 11.5. The molecule has 1 rings (SSSR count). The number of nitrogens with zero attached hydrogens (tertiary/aromatic N) is 1. The van der Waals surface area contributed by atoms with E-state index in [2.05, 4.69) is 5.32 Å². The van der Waals surface area contributed by atoms with E-state index in [0.717, 1.165) is 5.56 Å². The fraction of sp³-hybridized carbons (Fsp3) is 0.385. The quantitative estimate of drug-likeness (QED) is 0.911. The lowest BCUT2D eigenvalue weighted by Crippen LogP contribution is -2.40. The first-order chi connectivity index (χ1) is 8.40. The zero-order valence-corrected chi connectivity index (χ0v) is 11.3. The third-order valence-electron chi connectivity index (χ3n) is 2.54. The van der Waals surface area contributed by atoms with Gasteiger partial charge in [0.1, 0.15) is 12.2 Å². The monoisotopic (exact) mass is 266 g/mol. The number of benzene rings is 1. The smallest absolute Gasteiger partial charge is 0.234 e. The Labute approximate surface area is 112 Å². The molecule has 0 saturated heterocycles. The van der Waals surface area contributed by atoms with Gasteiger partial charge in [-0.05, 0) is 31.5 Å². The first-order valence-corrected chi connectivity index (χ1v) is 5.80. The molecule has 0 fully saturated rings. The van der Waals surface area contributed by atoms with E-state index in [9.17, 15) is 4.79 Å². The molecule has 0 saturated carbocycles. The summed E-state index contributed by atoms with van der Waals surface area (Å²) in [6.45, 7) is 3.66. The molecule has 0 aliphatic heterocycles. The average molecular weight is 267 g/mol. The molecule has 0 atom stereocenters. The van der Waals surface area contributed by atoms with E-state index in [4.69, 9.17) is 21.6 Å². The molecule has 96 valence electrons. The van der Waals surface area contributed by atoms with E-state index in [-0.39, 0.29) is 12.3 Å². The van der Waals surface area contributed by atoms with Crippen molar-refractivity contribution in [2.24, 2.45) is 0 Å². The highest BCUT2D eigenvalue weighted by atomic mass is 35.5. The standard InChI is InChI=1S/C13H15ClN2O2/c1-13(2,16-12(17)6-7-15)10-5-4-9(18-3)8-11(10)14/h4-5,8H,6H2,1-3H3,(H,16,17). The Bertz CT molecular complexity index is 492. The Morgan fingerprint density at radius 3 is 2.72 bits per heavy atom. The number of carbonyl (C=O) groups is 1. The molecule has 1 amide bonds. The zero-order valence-electron chi connectivity index (χ0n) is 10.6. The van der Waals surface area contributed by atoms with Gasteiger partial charge in [0.2, 0.25) is 5.91 Å². The van der Waals surface area contributed by atoms with Gasteiger partial charge >= 0.3 is 0 Å². The predicted molar refractivity (Wildman–Crippen MR) is 69.4 cm³/mol. The van der Waals surface area contributed by atoms with Crippen LogP contribution in [0.15, 0.2) is 18.2 Å². The lowest BCUT2D eigenvalue weighted by Gasteiger charge is -2.27. The van der Waals surface area contributed by atoms with Crippen molar-refractivity contribution in [3.8, 4) is 11.8 Å². The maximum Gasteiger partial charge on any atom is 0.234 e. The number of ether oxygens (including phenoxy) is 1. The summed E-state index contributed by atoms with van der Waals surface area (Å²) in [6, 6.07) is 7.08. The molecule has 1 aromatic rings. The van der Waals surface area contributed by atoms with Gasteiger partial charge in [0.25, 0.3) is 0 Å². The third-order valence-corrected chi connectivity index (χ3v) is 2.85. The minimum Gasteiger partial charge on any atom is -0.497 e. The lowest BCUT2D eigenvalue weighted by molar-refractivity contribution is -0.121. The van der Waals surface area contributed by atoms with Gasteiger partial charge in [-0.25, -0.2) is 0 Å². The summed E-state index contributed by atoms with van der Waals surface area (Å²) in [4.78, 5) is 11.5. The Hall–Kier alpha value is -1.73. The molecule has 0 aliphatic rings. The number of carbonyl (C=O) groups excluding carboxylic acids is 1. The number of halogens is 1. The van der Waals surface area contributed by atoms with Gasteiger partial charge in [-0.1, -0.05) is 17.7 Å². The van der Waals surface area contributed by atoms with E-state index < -0.39 is 5.54 Å². The van der Waals surface area contributed by atoms with Crippen LogP contribution in [-0.4, -0.2) is 13.0 Å². The second-order valence-corrected chi connectivity index (χ2v) is 4.76. The number of rotatable bonds is 4. The highest BCUT2D eigenvalue weighted by molar-refractivity contribution is 6.31. The SMILES string of the molecule is COc1ccc(C(C)(C)NC(=O)CC#N)c(Cl)c1. The largest absolute Gasteiger partial charge is 0.497 e. The van der Waals surface area contributed by atoms with Crippen molar-refractivity contribution >= 4 is 17.5 Å². The molecule has 1 N–H and O–H groups in total. The third kappa shape index (κ3) is 3.38. The van der Waals surface area contributed by atoms with Gasteiger partial charge in [-0.2, -0.15) is 5.26 Å². The minimum atomic E-state index is -0.642. The average Bonchev–Trinajstić information content (AvgIpc) is 2.27. The summed E-state index contributed by atoms with van der Waals surface area (Å²) in [5.74, 6) is 0.331. The highest BCUT2D eigenvalue weighted by Crippen LogP contribution is 2.30. The number of amides is 1. The van der Waals surface area contributed by atoms with Crippen LogP contribution in [0.1, 0.15) is 25.8 Å². The van der Waals surface area contributed by atoms with Crippen LogP contribution in [0.2, 0.25) is 5.02 Å². The molecule has 1 aromatic carbocycles. The first-order valence-electron chi connectivity index (χ1n) is 5.42. The highest BCUT2D eigenvalue weighted by Gasteiger charge is 2.25. The van der Waals surface area contributed by atoms with Gasteiger partial charge in [-0.15, -0.1) is 0 Å². The van der Waals surface area contributed by atoms with E-state index in [0.29, 0.717) is 10.8 Å². The van der Waals surface area contributed by atoms with Crippen LogP contribution in [0.25, 0.3) is 0 Å². The van der Waals surface area contributed by atoms with Crippen LogP contribution in [0.4, 0.5) is 0 Å². The first kappa shape index (κ1) is 14.3. The van der Waals surface area contributed by atoms with Crippen molar-refractivity contribution in [3.05, 3.63) is 28.8 Å². The lowest BCUT2D eigenvalue weighted by atomic mass is 9.94. The van der Waals surface area contributed by atoms with Crippen LogP contribution in [0, 0.1) is 11.3 Å². The second kappa shape index (κ2) is 5.74. The molecule has 0 spiro atoms. The zero-order chi connectivity index (χ0) is 13.8. The van der Waals surface area contributed by atoms with Gasteiger partial charge < -0.3 is 10.1 Å². The van der Waals surface area contributed by atoms with E-state index in [1.165, 1.54) is 0 Å². The van der Waals surface area contributed by atoms with Crippen LogP contribution in [0.3, 0.4) is 0 Å². The Balaban J connectivity index is 2.98. The Morgan fingerprint density at radius 1 is 1.56 bits per heavy atom. The van der Waals surface area contributed by atoms with Gasteiger partial charge in [0, 0.05) is 5.02 Å². The summed E-state index contributed by atoms with van der Waals surface area (Å²) >= 11 is 6.16. The van der Waals surface area contributed by atoms with Crippen molar-refractivity contribution in [2.45, 2.75) is 25.8 Å². The van der Waals surface area contributed by atoms with Crippen LogP contribution < -0.4 is 10.1 Å². The van der Waals surface area contributed by atoms with Crippen LogP contribution in [0.5, 0.6) is 5.75 Å². The van der Waals surface area contributed by atoms with Crippen LogP contribution >= 0.6 is 11.6 Å². The molecule has 0 aliphatic carbocycles. The summed E-state index contributed by atoms with van der Waals surface area (Å²) < 4.78 is 5.07. The number of hydrogen-bond acceptors (Lipinski definition) is 3. The Morgan fingerprint density at radius 2 is 2.22 bits per heavy atom. The van der Waals surface area contributed by atoms with E-state index in [1.54, 1.807) is 25.3 Å². The van der Waals surface area contributed by atoms with Gasteiger partial charge in [0.15, 0.2) is 0 Å². The summed E-state index contributed by atoms with van der Waals surface area (Å²) in [7, 11) is 1.56. The van der Waals surface area contributed by atoms with Gasteiger partial charge in [0.05, 0.1) is 18.7 Å². The molecule has 5 heteroatoms. The molecule has 18 heavy (non-hydrogen) atoms. The summed E-state index contributed by atoms with van der Waals surface area (Å²) in [6.07, 6.45) is -0.169. The fourth-order valence-corrected chi connectivity index (χ4v) is 2.07. The van der Waals surface area contributed by atoms with Crippen molar-refractivity contribution in [1.29, 1.82) is 5.26 Å². The molecule has 0 bridgehead atoms. The molecular weight excluding hydrogens is 252 g/mol. The number of methoxy groups -OCH3 is 1. The number of nitriles is 1. The van der Waals surface area contributed by atoms with Crippen molar-refractivity contribution in [2.75, 3.05) is 7.11 Å². The normalized spacial score (nSPS) is 10.6.